The summed E-state index contributed by atoms with van der Waals surface area (Å²) in [5.74, 6) is -0.211. The quantitative estimate of drug-likeness (QED) is 0.779. The number of likely N-dealkylation sites (N-methyl/N-ethyl adjacent to an activating group) is 1. The monoisotopic (exact) mass is 331 g/mol. The summed E-state index contributed by atoms with van der Waals surface area (Å²) in [6.07, 6.45) is 2.98. The van der Waals surface area contributed by atoms with E-state index in [9.17, 15) is 4.39 Å². The first kappa shape index (κ1) is 16.6. The molecular formula is C15H23BrFNO. The highest BCUT2D eigenvalue weighted by atomic mass is 79.9. The molecule has 0 saturated heterocycles. The fourth-order valence-corrected chi connectivity index (χ4v) is 2.73. The maximum absolute atomic E-state index is 13.5. The molecule has 108 valence electrons. The largest absolute Gasteiger partial charge is 0.380 e. The van der Waals surface area contributed by atoms with Gasteiger partial charge in [0.15, 0.2) is 0 Å². The summed E-state index contributed by atoms with van der Waals surface area (Å²) in [6.45, 7) is 5.10. The second kappa shape index (κ2) is 8.67. The first-order valence-corrected chi connectivity index (χ1v) is 7.62. The van der Waals surface area contributed by atoms with Gasteiger partial charge in [-0.3, -0.25) is 0 Å². The Balaban J connectivity index is 2.85. The van der Waals surface area contributed by atoms with Crippen LogP contribution in [0, 0.1) is 5.82 Å². The highest BCUT2D eigenvalue weighted by molar-refractivity contribution is 9.10. The van der Waals surface area contributed by atoms with Gasteiger partial charge in [0.1, 0.15) is 5.82 Å². The van der Waals surface area contributed by atoms with Crippen molar-refractivity contribution in [2.75, 3.05) is 13.7 Å². The van der Waals surface area contributed by atoms with E-state index < -0.39 is 0 Å². The molecule has 0 aliphatic heterocycles. The first-order valence-electron chi connectivity index (χ1n) is 6.83. The molecule has 0 spiro atoms. The lowest BCUT2D eigenvalue weighted by Gasteiger charge is -2.27. The van der Waals surface area contributed by atoms with Crippen molar-refractivity contribution in [3.8, 4) is 0 Å². The highest BCUT2D eigenvalue weighted by Crippen LogP contribution is 2.23. The fraction of sp³-hybridized carbons (Fsp3) is 0.600. The Morgan fingerprint density at radius 1 is 1.37 bits per heavy atom. The first-order chi connectivity index (χ1) is 9.13. The van der Waals surface area contributed by atoms with E-state index in [1.54, 1.807) is 13.2 Å². The molecule has 19 heavy (non-hydrogen) atoms. The number of hydrogen-bond donors (Lipinski definition) is 1. The number of ether oxygens (including phenoxy) is 1. The van der Waals surface area contributed by atoms with E-state index in [1.165, 1.54) is 6.07 Å². The Bertz CT molecular complexity index is 386. The number of benzene rings is 1. The van der Waals surface area contributed by atoms with Crippen LogP contribution >= 0.6 is 15.9 Å². The Hall–Kier alpha value is -0.450. The normalized spacial score (nSPS) is 14.4. The highest BCUT2D eigenvalue weighted by Gasteiger charge is 2.21. The summed E-state index contributed by atoms with van der Waals surface area (Å²) in [5.41, 5.74) is 0.976. The van der Waals surface area contributed by atoms with E-state index in [1.807, 2.05) is 6.07 Å². The van der Waals surface area contributed by atoms with Gasteiger partial charge in [-0.1, -0.05) is 32.4 Å². The van der Waals surface area contributed by atoms with Crippen molar-refractivity contribution in [1.29, 1.82) is 0 Å². The third kappa shape index (κ3) is 4.86. The minimum Gasteiger partial charge on any atom is -0.380 e. The van der Waals surface area contributed by atoms with E-state index in [0.717, 1.165) is 31.4 Å². The lowest BCUT2D eigenvalue weighted by Crippen LogP contribution is -2.42. The van der Waals surface area contributed by atoms with Crippen molar-refractivity contribution in [2.45, 2.75) is 45.3 Å². The number of methoxy groups -OCH3 is 1. The molecule has 1 N–H and O–H groups in total. The number of rotatable bonds is 8. The molecule has 4 heteroatoms. The van der Waals surface area contributed by atoms with Gasteiger partial charge in [0.2, 0.25) is 0 Å². The van der Waals surface area contributed by atoms with Crippen LogP contribution in [0.3, 0.4) is 0 Å². The van der Waals surface area contributed by atoms with Gasteiger partial charge in [0, 0.05) is 13.2 Å². The summed E-state index contributed by atoms with van der Waals surface area (Å²) >= 11 is 3.33. The van der Waals surface area contributed by atoms with Crippen molar-refractivity contribution in [1.82, 2.24) is 5.32 Å². The average Bonchev–Trinajstić information content (AvgIpc) is 2.40. The topological polar surface area (TPSA) is 21.3 Å². The molecule has 2 nitrogen and oxygen atoms in total. The molecule has 0 aliphatic rings. The lowest BCUT2D eigenvalue weighted by atomic mass is 9.98. The van der Waals surface area contributed by atoms with Crippen LogP contribution < -0.4 is 5.32 Å². The average molecular weight is 332 g/mol. The van der Waals surface area contributed by atoms with Crippen molar-refractivity contribution >= 4 is 15.9 Å². The number of hydrogen-bond acceptors (Lipinski definition) is 2. The maximum Gasteiger partial charge on any atom is 0.137 e. The Labute approximate surface area is 123 Å². The smallest absolute Gasteiger partial charge is 0.137 e. The van der Waals surface area contributed by atoms with Crippen molar-refractivity contribution < 1.29 is 9.13 Å². The van der Waals surface area contributed by atoms with Gasteiger partial charge in [0.05, 0.1) is 10.6 Å². The van der Waals surface area contributed by atoms with Crippen LogP contribution in [0.15, 0.2) is 22.7 Å². The zero-order valence-electron chi connectivity index (χ0n) is 11.9. The van der Waals surface area contributed by atoms with Gasteiger partial charge >= 0.3 is 0 Å². The van der Waals surface area contributed by atoms with E-state index in [4.69, 9.17) is 4.74 Å². The standard InChI is InChI=1S/C15H23BrFNO/c1-4-7-14(19-3)13(18-5-2)10-11-8-6-9-12(17)15(11)16/h6,8-9,13-14,18H,4-5,7,10H2,1-3H3. The van der Waals surface area contributed by atoms with Crippen molar-refractivity contribution in [3.63, 3.8) is 0 Å². The van der Waals surface area contributed by atoms with Gasteiger partial charge in [-0.05, 0) is 46.9 Å². The van der Waals surface area contributed by atoms with E-state index in [2.05, 4.69) is 35.1 Å². The molecule has 2 atom stereocenters. The molecule has 0 heterocycles. The van der Waals surface area contributed by atoms with Gasteiger partial charge in [0.25, 0.3) is 0 Å². The van der Waals surface area contributed by atoms with Crippen LogP contribution in [0.25, 0.3) is 0 Å². The third-order valence-corrected chi connectivity index (χ3v) is 4.15. The van der Waals surface area contributed by atoms with Crippen LogP contribution in [-0.2, 0) is 11.2 Å². The van der Waals surface area contributed by atoms with Crippen LogP contribution in [0.5, 0.6) is 0 Å². The van der Waals surface area contributed by atoms with Crippen LogP contribution in [0.1, 0.15) is 32.3 Å². The molecule has 0 bridgehead atoms. The summed E-state index contributed by atoms with van der Waals surface area (Å²) in [7, 11) is 1.74. The van der Waals surface area contributed by atoms with Crippen LogP contribution in [0.2, 0.25) is 0 Å². The summed E-state index contributed by atoms with van der Waals surface area (Å²) in [4.78, 5) is 0. The summed E-state index contributed by atoms with van der Waals surface area (Å²) < 4.78 is 19.7. The molecule has 0 fully saturated rings. The third-order valence-electron chi connectivity index (χ3n) is 3.26. The zero-order valence-corrected chi connectivity index (χ0v) is 13.5. The van der Waals surface area contributed by atoms with Gasteiger partial charge in [-0.25, -0.2) is 4.39 Å². The van der Waals surface area contributed by atoms with Crippen LogP contribution in [0.4, 0.5) is 4.39 Å². The van der Waals surface area contributed by atoms with Gasteiger partial charge in [-0.15, -0.1) is 0 Å². The molecule has 0 saturated carbocycles. The van der Waals surface area contributed by atoms with Gasteiger partial charge in [-0.2, -0.15) is 0 Å². The minimum absolute atomic E-state index is 0.153. The maximum atomic E-state index is 13.5. The fourth-order valence-electron chi connectivity index (χ4n) is 2.31. The molecule has 0 radical (unpaired) electrons. The molecular weight excluding hydrogens is 309 g/mol. The van der Waals surface area contributed by atoms with E-state index >= 15 is 0 Å². The lowest BCUT2D eigenvalue weighted by molar-refractivity contribution is 0.0613. The Kier molecular flexibility index (Phi) is 7.57. The Morgan fingerprint density at radius 2 is 2.11 bits per heavy atom. The minimum atomic E-state index is -0.211. The van der Waals surface area contributed by atoms with Crippen LogP contribution in [-0.4, -0.2) is 25.8 Å². The second-order valence-electron chi connectivity index (χ2n) is 4.64. The summed E-state index contributed by atoms with van der Waals surface area (Å²) in [5, 5.41) is 3.45. The predicted molar refractivity (Wildman–Crippen MR) is 81.0 cm³/mol. The van der Waals surface area contributed by atoms with Gasteiger partial charge < -0.3 is 10.1 Å². The molecule has 1 aromatic carbocycles. The molecule has 1 aromatic rings. The molecule has 0 aromatic heterocycles. The zero-order chi connectivity index (χ0) is 14.3. The van der Waals surface area contributed by atoms with Crippen molar-refractivity contribution in [3.05, 3.63) is 34.1 Å². The molecule has 2 unspecified atom stereocenters. The number of halogens is 2. The SMILES string of the molecule is CCCC(OC)C(Cc1cccc(F)c1Br)NCC. The molecule has 1 rings (SSSR count). The molecule has 0 aliphatic carbocycles. The molecule has 0 amide bonds. The Morgan fingerprint density at radius 3 is 2.68 bits per heavy atom. The second-order valence-corrected chi connectivity index (χ2v) is 5.44. The van der Waals surface area contributed by atoms with E-state index in [-0.39, 0.29) is 18.0 Å². The summed E-state index contributed by atoms with van der Waals surface area (Å²) in [6, 6.07) is 5.37. The predicted octanol–water partition coefficient (Wildman–Crippen LogP) is 3.92. The number of nitrogens with one attached hydrogen (secondary N) is 1. The van der Waals surface area contributed by atoms with E-state index in [0.29, 0.717) is 4.47 Å². The van der Waals surface area contributed by atoms with Crippen molar-refractivity contribution in [2.24, 2.45) is 0 Å².